The standard InChI is InChI=1S/C9H15NO5/c1-15-10-8(12)6-4-5(9(13)14)2-3-7(6)11/h5-7,11H,2-4H2,1H3,(H,10,12)(H,13,14). The minimum atomic E-state index is -0.919. The Kier molecular flexibility index (Phi) is 4.05. The molecule has 0 aromatic rings. The predicted molar refractivity (Wildman–Crippen MR) is 49.6 cm³/mol. The number of carbonyl (C=O) groups is 2. The monoisotopic (exact) mass is 217 g/mol. The highest BCUT2D eigenvalue weighted by Gasteiger charge is 2.37. The predicted octanol–water partition coefficient (Wildman–Crippen LogP) is -0.474. The maximum Gasteiger partial charge on any atom is 0.306 e. The fourth-order valence-corrected chi connectivity index (χ4v) is 1.84. The van der Waals surface area contributed by atoms with Crippen LogP contribution in [0.2, 0.25) is 0 Å². The van der Waals surface area contributed by atoms with E-state index in [1.807, 2.05) is 0 Å². The molecule has 1 saturated carbocycles. The molecule has 0 aromatic carbocycles. The summed E-state index contributed by atoms with van der Waals surface area (Å²) < 4.78 is 0. The van der Waals surface area contributed by atoms with Gasteiger partial charge >= 0.3 is 5.97 Å². The Hall–Kier alpha value is -1.14. The Balaban J connectivity index is 2.60. The van der Waals surface area contributed by atoms with Crippen LogP contribution in [-0.4, -0.2) is 35.3 Å². The summed E-state index contributed by atoms with van der Waals surface area (Å²) in [6.07, 6.45) is 0.119. The van der Waals surface area contributed by atoms with Crippen LogP contribution in [0.1, 0.15) is 19.3 Å². The van der Waals surface area contributed by atoms with Gasteiger partial charge in [-0.2, -0.15) is 0 Å². The second-order valence-electron chi connectivity index (χ2n) is 3.69. The van der Waals surface area contributed by atoms with Gasteiger partial charge in [-0.25, -0.2) is 5.48 Å². The van der Waals surface area contributed by atoms with E-state index in [2.05, 4.69) is 10.3 Å². The first kappa shape index (κ1) is 11.9. The molecule has 1 aliphatic rings. The number of rotatable bonds is 3. The first-order valence-electron chi connectivity index (χ1n) is 4.80. The fourth-order valence-electron chi connectivity index (χ4n) is 1.84. The number of carboxylic acids is 1. The van der Waals surface area contributed by atoms with Crippen molar-refractivity contribution in [1.29, 1.82) is 0 Å². The molecule has 0 saturated heterocycles. The largest absolute Gasteiger partial charge is 0.481 e. The van der Waals surface area contributed by atoms with E-state index < -0.39 is 29.8 Å². The summed E-state index contributed by atoms with van der Waals surface area (Å²) in [7, 11) is 1.29. The lowest BCUT2D eigenvalue weighted by Gasteiger charge is -2.29. The van der Waals surface area contributed by atoms with Gasteiger partial charge < -0.3 is 10.2 Å². The van der Waals surface area contributed by atoms with Crippen LogP contribution < -0.4 is 5.48 Å². The zero-order valence-electron chi connectivity index (χ0n) is 8.47. The zero-order valence-corrected chi connectivity index (χ0v) is 8.47. The van der Waals surface area contributed by atoms with Crippen molar-refractivity contribution in [3.63, 3.8) is 0 Å². The molecule has 1 amide bonds. The Morgan fingerprint density at radius 3 is 2.60 bits per heavy atom. The van der Waals surface area contributed by atoms with Crippen molar-refractivity contribution in [2.75, 3.05) is 7.11 Å². The molecule has 3 N–H and O–H groups in total. The van der Waals surface area contributed by atoms with Crippen LogP contribution in [0.5, 0.6) is 0 Å². The van der Waals surface area contributed by atoms with Gasteiger partial charge in [-0.1, -0.05) is 0 Å². The van der Waals surface area contributed by atoms with Gasteiger partial charge in [-0.15, -0.1) is 0 Å². The Morgan fingerprint density at radius 2 is 2.07 bits per heavy atom. The molecular weight excluding hydrogens is 202 g/mol. The van der Waals surface area contributed by atoms with E-state index in [4.69, 9.17) is 5.11 Å². The van der Waals surface area contributed by atoms with Gasteiger partial charge in [0.15, 0.2) is 0 Å². The number of nitrogens with one attached hydrogen (secondary N) is 1. The molecule has 0 heterocycles. The number of hydroxylamine groups is 1. The molecule has 0 spiro atoms. The molecule has 0 radical (unpaired) electrons. The zero-order chi connectivity index (χ0) is 11.4. The lowest BCUT2D eigenvalue weighted by molar-refractivity contribution is -0.149. The summed E-state index contributed by atoms with van der Waals surface area (Å²) in [4.78, 5) is 26.6. The average molecular weight is 217 g/mol. The molecule has 0 bridgehead atoms. The van der Waals surface area contributed by atoms with Crippen LogP contribution in [-0.2, 0) is 14.4 Å². The van der Waals surface area contributed by atoms with E-state index >= 15 is 0 Å². The normalized spacial score (nSPS) is 30.9. The van der Waals surface area contributed by atoms with Gasteiger partial charge in [0.05, 0.1) is 25.0 Å². The highest BCUT2D eigenvalue weighted by molar-refractivity contribution is 5.79. The number of amides is 1. The summed E-state index contributed by atoms with van der Waals surface area (Å²) >= 11 is 0. The number of carboxylic acid groups (broad SMARTS) is 1. The van der Waals surface area contributed by atoms with E-state index in [-0.39, 0.29) is 6.42 Å². The lowest BCUT2D eigenvalue weighted by Crippen LogP contribution is -2.42. The minimum absolute atomic E-state index is 0.158. The Morgan fingerprint density at radius 1 is 1.40 bits per heavy atom. The molecule has 3 atom stereocenters. The van der Waals surface area contributed by atoms with E-state index in [0.717, 1.165) is 0 Å². The molecule has 0 aromatic heterocycles. The third-order valence-electron chi connectivity index (χ3n) is 2.70. The quantitative estimate of drug-likeness (QED) is 0.555. The van der Waals surface area contributed by atoms with Crippen molar-refractivity contribution < 1.29 is 24.6 Å². The summed E-state index contributed by atoms with van der Waals surface area (Å²) in [6, 6.07) is 0. The van der Waals surface area contributed by atoms with E-state index in [1.54, 1.807) is 0 Å². The summed E-state index contributed by atoms with van der Waals surface area (Å²) in [5.74, 6) is -2.63. The van der Waals surface area contributed by atoms with Crippen LogP contribution in [0.15, 0.2) is 0 Å². The number of aliphatic carboxylic acids is 1. The average Bonchev–Trinajstić information content (AvgIpc) is 2.18. The number of aliphatic hydroxyl groups excluding tert-OH is 1. The highest BCUT2D eigenvalue weighted by Crippen LogP contribution is 2.29. The first-order valence-corrected chi connectivity index (χ1v) is 4.80. The van der Waals surface area contributed by atoms with Crippen molar-refractivity contribution in [2.45, 2.75) is 25.4 Å². The van der Waals surface area contributed by atoms with Crippen molar-refractivity contribution in [3.8, 4) is 0 Å². The summed E-state index contributed by atoms with van der Waals surface area (Å²) in [5, 5.41) is 18.4. The summed E-state index contributed by atoms with van der Waals surface area (Å²) in [6.45, 7) is 0. The molecular formula is C9H15NO5. The van der Waals surface area contributed by atoms with Crippen molar-refractivity contribution in [1.82, 2.24) is 5.48 Å². The Labute approximate surface area is 87.2 Å². The van der Waals surface area contributed by atoms with Gasteiger partial charge in [0.25, 0.3) is 0 Å². The van der Waals surface area contributed by atoms with Crippen LogP contribution >= 0.6 is 0 Å². The Bertz CT molecular complexity index is 255. The maximum atomic E-state index is 11.4. The van der Waals surface area contributed by atoms with Crippen molar-refractivity contribution >= 4 is 11.9 Å². The van der Waals surface area contributed by atoms with Crippen LogP contribution in [0.25, 0.3) is 0 Å². The number of hydrogen-bond donors (Lipinski definition) is 3. The highest BCUT2D eigenvalue weighted by atomic mass is 16.6. The number of hydrogen-bond acceptors (Lipinski definition) is 4. The molecule has 6 nitrogen and oxygen atoms in total. The smallest absolute Gasteiger partial charge is 0.306 e. The number of aliphatic hydroxyl groups is 1. The maximum absolute atomic E-state index is 11.4. The molecule has 0 aliphatic heterocycles. The third kappa shape index (κ3) is 2.90. The first-order chi connectivity index (χ1) is 7.06. The topological polar surface area (TPSA) is 95.9 Å². The van der Waals surface area contributed by atoms with E-state index in [9.17, 15) is 14.7 Å². The van der Waals surface area contributed by atoms with Gasteiger partial charge in [0.1, 0.15) is 0 Å². The second-order valence-corrected chi connectivity index (χ2v) is 3.69. The van der Waals surface area contributed by atoms with Gasteiger partial charge in [0.2, 0.25) is 5.91 Å². The SMILES string of the molecule is CONC(=O)C1CC(C(=O)O)CCC1O. The van der Waals surface area contributed by atoms with Gasteiger partial charge in [0, 0.05) is 0 Å². The molecule has 6 heteroatoms. The third-order valence-corrected chi connectivity index (χ3v) is 2.70. The van der Waals surface area contributed by atoms with Gasteiger partial charge in [-0.05, 0) is 19.3 Å². The van der Waals surface area contributed by atoms with Gasteiger partial charge in [-0.3, -0.25) is 14.4 Å². The van der Waals surface area contributed by atoms with Crippen LogP contribution in [0.3, 0.4) is 0 Å². The van der Waals surface area contributed by atoms with E-state index in [0.29, 0.717) is 12.8 Å². The van der Waals surface area contributed by atoms with Crippen LogP contribution in [0.4, 0.5) is 0 Å². The molecule has 15 heavy (non-hydrogen) atoms. The van der Waals surface area contributed by atoms with Crippen LogP contribution in [0, 0.1) is 11.8 Å². The molecule has 1 fully saturated rings. The van der Waals surface area contributed by atoms with Crippen molar-refractivity contribution in [2.24, 2.45) is 11.8 Å². The number of carbonyl (C=O) groups excluding carboxylic acids is 1. The lowest BCUT2D eigenvalue weighted by atomic mass is 9.79. The molecule has 1 aliphatic carbocycles. The molecule has 3 unspecified atom stereocenters. The minimum Gasteiger partial charge on any atom is -0.481 e. The van der Waals surface area contributed by atoms with Crippen molar-refractivity contribution in [3.05, 3.63) is 0 Å². The fraction of sp³-hybridized carbons (Fsp3) is 0.778. The molecule has 1 rings (SSSR count). The second kappa shape index (κ2) is 5.09. The molecule has 86 valence electrons. The van der Waals surface area contributed by atoms with E-state index in [1.165, 1.54) is 7.11 Å². The summed E-state index contributed by atoms with van der Waals surface area (Å²) in [5.41, 5.74) is 2.11.